The summed E-state index contributed by atoms with van der Waals surface area (Å²) in [5, 5.41) is 33.4. The van der Waals surface area contributed by atoms with Crippen LogP contribution in [0.3, 0.4) is 0 Å². The SMILES string of the molecule is COc1cc(N=Nc2ccc([N+](=O)[O-])cc2)c(OC)cc1N=Nc1ccc(N(C)CCCC(=O)NCCS)cc1.NC#CC#Cc1ccc(NC(=O)CCCN)cc1. The number of hydrogen-bond acceptors (Lipinski definition) is 14. The maximum absolute atomic E-state index is 11.7. The molecule has 0 bridgehead atoms. The summed E-state index contributed by atoms with van der Waals surface area (Å²) in [7, 11) is 4.98. The van der Waals surface area contributed by atoms with E-state index in [4.69, 9.17) is 20.9 Å². The van der Waals surface area contributed by atoms with E-state index < -0.39 is 4.92 Å². The number of benzene rings is 4. The summed E-state index contributed by atoms with van der Waals surface area (Å²) in [6, 6.07) is 26.0. The molecular formula is C41H46N10O6S. The summed E-state index contributed by atoms with van der Waals surface area (Å²) in [4.78, 5) is 35.6. The highest BCUT2D eigenvalue weighted by molar-refractivity contribution is 7.80. The van der Waals surface area contributed by atoms with Gasteiger partial charge in [-0.05, 0) is 86.0 Å². The van der Waals surface area contributed by atoms with Gasteiger partial charge in [0.2, 0.25) is 11.8 Å². The second-order valence-corrected chi connectivity index (χ2v) is 12.5. The van der Waals surface area contributed by atoms with Crippen LogP contribution in [0.5, 0.6) is 11.5 Å². The fourth-order valence-electron chi connectivity index (χ4n) is 4.81. The third kappa shape index (κ3) is 16.0. The van der Waals surface area contributed by atoms with E-state index in [2.05, 4.69) is 72.4 Å². The van der Waals surface area contributed by atoms with Gasteiger partial charge in [0.1, 0.15) is 22.9 Å². The predicted molar refractivity (Wildman–Crippen MR) is 229 cm³/mol. The maximum Gasteiger partial charge on any atom is 0.269 e. The largest absolute Gasteiger partial charge is 0.494 e. The number of nitrogens with zero attached hydrogens (tertiary/aromatic N) is 6. The molecule has 6 N–H and O–H groups in total. The van der Waals surface area contributed by atoms with Crippen molar-refractivity contribution in [1.82, 2.24) is 5.32 Å². The molecule has 4 aromatic carbocycles. The summed E-state index contributed by atoms with van der Waals surface area (Å²) in [5.41, 5.74) is 14.8. The number of methoxy groups -OCH3 is 2. The molecule has 0 aliphatic carbocycles. The predicted octanol–water partition coefficient (Wildman–Crippen LogP) is 7.34. The molecule has 4 rings (SSSR count). The number of carbonyl (C=O) groups excluding carboxylic acids is 2. The minimum Gasteiger partial charge on any atom is -0.494 e. The molecule has 0 heterocycles. The van der Waals surface area contributed by atoms with Crippen molar-refractivity contribution in [3.05, 3.63) is 101 Å². The molecule has 2 amide bonds. The number of anilines is 2. The topological polar surface area (TPSA) is 225 Å². The first kappa shape index (κ1) is 45.4. The Bertz CT molecular complexity index is 2140. The standard InChI is InChI=1S/C27H31N7O5S.C14H15N3O/c1-33(15-4-5-27(35)28-14-16-40)21-10-6-19(7-11-21)29-31-23-17-26(39-3)24(18-25(23)38-2)32-30-20-8-12-22(13-9-20)34(36)37;15-10-2-1-4-12-6-8-13(9-7-12)17-14(18)5-3-11-16/h6-13,17-18,40H,4-5,14-16H2,1-3H3,(H,28,35);6-9H,3,5,11,15-16H2,(H,17,18). The van der Waals surface area contributed by atoms with Gasteiger partial charge in [0.05, 0.1) is 30.5 Å². The first-order valence-electron chi connectivity index (χ1n) is 17.9. The molecule has 4 aromatic rings. The molecule has 0 aliphatic rings. The number of nitrogens with two attached hydrogens (primary N) is 2. The van der Waals surface area contributed by atoms with Gasteiger partial charge in [-0.3, -0.25) is 19.7 Å². The van der Waals surface area contributed by atoms with Crippen LogP contribution in [0.25, 0.3) is 0 Å². The molecule has 0 spiro atoms. The Morgan fingerprint density at radius 1 is 0.828 bits per heavy atom. The van der Waals surface area contributed by atoms with Gasteiger partial charge in [0.25, 0.3) is 5.69 Å². The number of thiol groups is 1. The van der Waals surface area contributed by atoms with Crippen molar-refractivity contribution in [1.29, 1.82) is 0 Å². The number of azo groups is 2. The minimum atomic E-state index is -0.480. The van der Waals surface area contributed by atoms with Crippen molar-refractivity contribution in [2.24, 2.45) is 31.9 Å². The molecule has 0 radical (unpaired) electrons. The van der Waals surface area contributed by atoms with Gasteiger partial charge in [-0.25, -0.2) is 0 Å². The molecule has 0 fully saturated rings. The normalized spacial score (nSPS) is 10.3. The van der Waals surface area contributed by atoms with E-state index in [1.165, 1.54) is 38.5 Å². The molecule has 58 heavy (non-hydrogen) atoms. The van der Waals surface area contributed by atoms with Crippen LogP contribution in [-0.2, 0) is 9.59 Å². The Hall–Kier alpha value is -6.95. The zero-order valence-corrected chi connectivity index (χ0v) is 33.4. The second kappa shape index (κ2) is 25.3. The number of amides is 2. The highest BCUT2D eigenvalue weighted by Crippen LogP contribution is 2.41. The number of nitro benzene ring substituents is 1. The Kier molecular flexibility index (Phi) is 19.8. The quantitative estimate of drug-likeness (QED) is 0.0169. The zero-order chi connectivity index (χ0) is 42.1. The highest BCUT2D eigenvalue weighted by atomic mass is 32.1. The van der Waals surface area contributed by atoms with Crippen molar-refractivity contribution < 1.29 is 24.0 Å². The summed E-state index contributed by atoms with van der Waals surface area (Å²) < 4.78 is 10.9. The van der Waals surface area contributed by atoms with Gasteiger partial charge in [0.15, 0.2) is 0 Å². The molecular weight excluding hydrogens is 761 g/mol. The van der Waals surface area contributed by atoms with Crippen LogP contribution in [0, 0.1) is 33.9 Å². The van der Waals surface area contributed by atoms with E-state index in [0.29, 0.717) is 72.4 Å². The molecule has 0 saturated heterocycles. The number of rotatable bonds is 18. The van der Waals surface area contributed by atoms with E-state index in [-0.39, 0.29) is 17.5 Å². The molecule has 0 aliphatic heterocycles. The van der Waals surface area contributed by atoms with Gasteiger partial charge in [-0.15, -0.1) is 10.2 Å². The lowest BCUT2D eigenvalue weighted by molar-refractivity contribution is -0.384. The number of hydrogen-bond donors (Lipinski definition) is 5. The lowest BCUT2D eigenvalue weighted by Gasteiger charge is -2.19. The number of ether oxygens (including phenoxy) is 2. The Balaban J connectivity index is 0.000000417. The van der Waals surface area contributed by atoms with E-state index in [1.54, 1.807) is 24.3 Å². The zero-order valence-electron chi connectivity index (χ0n) is 32.5. The van der Waals surface area contributed by atoms with Crippen molar-refractivity contribution >= 4 is 64.3 Å². The molecule has 302 valence electrons. The molecule has 17 heteroatoms. The fraction of sp³-hybridized carbons (Fsp3) is 0.268. The maximum atomic E-state index is 11.7. The van der Waals surface area contributed by atoms with Gasteiger partial charge in [-0.2, -0.15) is 22.9 Å². The summed E-state index contributed by atoms with van der Waals surface area (Å²) in [6.45, 7) is 1.83. The second-order valence-electron chi connectivity index (χ2n) is 12.0. The van der Waals surface area contributed by atoms with Gasteiger partial charge in [-0.1, -0.05) is 5.92 Å². The smallest absolute Gasteiger partial charge is 0.269 e. The Labute approximate surface area is 343 Å². The van der Waals surface area contributed by atoms with Crippen LogP contribution in [0.1, 0.15) is 31.2 Å². The van der Waals surface area contributed by atoms with Crippen molar-refractivity contribution in [2.75, 3.05) is 56.9 Å². The van der Waals surface area contributed by atoms with Crippen molar-refractivity contribution in [2.45, 2.75) is 25.7 Å². The summed E-state index contributed by atoms with van der Waals surface area (Å²) >= 11 is 4.09. The molecule has 16 nitrogen and oxygen atoms in total. The van der Waals surface area contributed by atoms with Gasteiger partial charge < -0.3 is 36.5 Å². The summed E-state index contributed by atoms with van der Waals surface area (Å²) in [5.74, 6) is 9.32. The van der Waals surface area contributed by atoms with Crippen molar-refractivity contribution in [3.63, 3.8) is 0 Å². The molecule has 0 saturated carbocycles. The average Bonchev–Trinajstić information content (AvgIpc) is 3.24. The molecule has 0 aromatic heterocycles. The third-order valence-electron chi connectivity index (χ3n) is 7.83. The van der Waals surface area contributed by atoms with Crippen LogP contribution in [0.2, 0.25) is 0 Å². The summed E-state index contributed by atoms with van der Waals surface area (Å²) in [6.07, 6.45) is 2.33. The number of carbonyl (C=O) groups is 2. The monoisotopic (exact) mass is 806 g/mol. The average molecular weight is 807 g/mol. The van der Waals surface area contributed by atoms with Crippen LogP contribution < -0.4 is 36.5 Å². The van der Waals surface area contributed by atoms with Gasteiger partial charge in [0, 0.05) is 91.9 Å². The minimum absolute atomic E-state index is 0.0314. The van der Waals surface area contributed by atoms with E-state index in [9.17, 15) is 19.7 Å². The highest BCUT2D eigenvalue weighted by Gasteiger charge is 2.12. The van der Waals surface area contributed by atoms with E-state index in [0.717, 1.165) is 29.9 Å². The molecule has 0 atom stereocenters. The first-order valence-corrected chi connectivity index (χ1v) is 18.6. The van der Waals surface area contributed by atoms with Crippen LogP contribution in [0.15, 0.2) is 105 Å². The number of nitro groups is 1. The Morgan fingerprint density at radius 2 is 1.40 bits per heavy atom. The van der Waals surface area contributed by atoms with Crippen LogP contribution in [-0.4, -0.2) is 63.4 Å². The lowest BCUT2D eigenvalue weighted by atomic mass is 10.2. The first-order chi connectivity index (χ1) is 28.1. The number of nitrogens with one attached hydrogen (secondary N) is 2. The van der Waals surface area contributed by atoms with Crippen molar-refractivity contribution in [3.8, 4) is 35.3 Å². The number of non-ortho nitro benzene ring substituents is 1. The van der Waals surface area contributed by atoms with E-state index in [1.807, 2.05) is 43.4 Å². The Morgan fingerprint density at radius 3 is 1.91 bits per heavy atom. The third-order valence-corrected chi connectivity index (χ3v) is 8.05. The lowest BCUT2D eigenvalue weighted by Crippen LogP contribution is -2.26. The molecule has 0 unspecified atom stereocenters. The van der Waals surface area contributed by atoms with Gasteiger partial charge >= 0.3 is 0 Å². The fourth-order valence-corrected chi connectivity index (χ4v) is 4.92. The van der Waals surface area contributed by atoms with Crippen LogP contribution >= 0.6 is 12.6 Å². The van der Waals surface area contributed by atoms with Crippen LogP contribution in [0.4, 0.5) is 39.8 Å². The van der Waals surface area contributed by atoms with E-state index >= 15 is 0 Å².